The van der Waals surface area contributed by atoms with Gasteiger partial charge in [0.25, 0.3) is 5.97 Å². The second-order valence-electron chi connectivity index (χ2n) is 6.20. The summed E-state index contributed by atoms with van der Waals surface area (Å²) in [5, 5.41) is 0. The minimum absolute atomic E-state index is 0.0297. The molecule has 2 fully saturated rings. The Hall–Kier alpha value is -0.550. The van der Waals surface area contributed by atoms with E-state index >= 15 is 0 Å². The van der Waals surface area contributed by atoms with E-state index in [1.807, 2.05) is 24.8 Å². The largest absolute Gasteiger partial charge is 0.323 e. The van der Waals surface area contributed by atoms with Gasteiger partial charge in [0.2, 0.25) is 0 Å². The van der Waals surface area contributed by atoms with Crippen LogP contribution < -0.4 is 0 Å². The molecule has 4 heteroatoms. The van der Waals surface area contributed by atoms with Crippen molar-refractivity contribution in [3.05, 3.63) is 30.3 Å². The molecule has 2 saturated heterocycles. The van der Waals surface area contributed by atoms with Crippen LogP contribution in [0.25, 0.3) is 0 Å². The minimum Gasteiger partial charge on any atom is -0.323 e. The molecule has 3 nitrogen and oxygen atoms in total. The molecule has 0 N–H and O–H groups in total. The molecule has 0 aromatic heterocycles. The summed E-state index contributed by atoms with van der Waals surface area (Å²) in [6.07, 6.45) is 1.22. The van der Waals surface area contributed by atoms with Gasteiger partial charge in [0.1, 0.15) is 0 Å². The summed E-state index contributed by atoms with van der Waals surface area (Å²) in [6, 6.07) is 10.5. The Morgan fingerprint density at radius 2 is 1.85 bits per heavy atom. The van der Waals surface area contributed by atoms with Crippen molar-refractivity contribution in [3.8, 4) is 0 Å². The molecule has 1 aromatic rings. The van der Waals surface area contributed by atoms with E-state index in [9.17, 15) is 0 Å². The first-order valence-corrected chi connectivity index (χ1v) is 7.97. The van der Waals surface area contributed by atoms with Crippen LogP contribution in [0.3, 0.4) is 0 Å². The van der Waals surface area contributed by atoms with Crippen LogP contribution in [0.1, 0.15) is 34.1 Å². The van der Waals surface area contributed by atoms with Gasteiger partial charge in [-0.1, -0.05) is 18.2 Å². The highest BCUT2D eigenvalue weighted by Crippen LogP contribution is 2.46. The van der Waals surface area contributed by atoms with Crippen molar-refractivity contribution in [2.45, 2.75) is 68.0 Å². The van der Waals surface area contributed by atoms with Crippen LogP contribution >= 0.6 is 11.8 Å². The number of fused-ring (bicyclic) bond motifs is 2. The van der Waals surface area contributed by atoms with Crippen molar-refractivity contribution >= 4 is 11.8 Å². The summed E-state index contributed by atoms with van der Waals surface area (Å²) in [4.78, 5) is 1.26. The zero-order valence-corrected chi connectivity index (χ0v) is 13.3. The zero-order valence-electron chi connectivity index (χ0n) is 12.5. The molecule has 4 atom stereocenters. The van der Waals surface area contributed by atoms with Crippen LogP contribution in [0, 0.1) is 0 Å². The molecule has 0 amide bonds. The van der Waals surface area contributed by atoms with E-state index in [2.05, 4.69) is 45.0 Å². The fraction of sp³-hybridized carbons (Fsp3) is 0.625. The van der Waals surface area contributed by atoms with Crippen molar-refractivity contribution in [1.82, 2.24) is 0 Å². The van der Waals surface area contributed by atoms with Gasteiger partial charge in [-0.25, -0.2) is 0 Å². The third-order valence-corrected chi connectivity index (χ3v) is 5.29. The summed E-state index contributed by atoms with van der Waals surface area (Å²) in [7, 11) is 0. The monoisotopic (exact) mass is 294 g/mol. The highest BCUT2D eigenvalue weighted by molar-refractivity contribution is 8.00. The lowest BCUT2D eigenvalue weighted by Gasteiger charge is -2.41. The Bertz CT molecular complexity index is 472. The third-order valence-electron chi connectivity index (χ3n) is 3.99. The van der Waals surface area contributed by atoms with Crippen molar-refractivity contribution in [2.75, 3.05) is 0 Å². The summed E-state index contributed by atoms with van der Waals surface area (Å²) >= 11 is 1.85. The molecule has 0 radical (unpaired) electrons. The second-order valence-corrected chi connectivity index (χ2v) is 7.93. The van der Waals surface area contributed by atoms with Crippen LogP contribution in [0.5, 0.6) is 0 Å². The van der Waals surface area contributed by atoms with Gasteiger partial charge in [0, 0.05) is 23.0 Å². The number of hydrogen-bond donors (Lipinski definition) is 0. The molecule has 2 heterocycles. The molecule has 2 bridgehead atoms. The van der Waals surface area contributed by atoms with Gasteiger partial charge in [0.15, 0.2) is 0 Å². The molecular weight excluding hydrogens is 272 g/mol. The summed E-state index contributed by atoms with van der Waals surface area (Å²) in [5.41, 5.74) is 0. The Balaban J connectivity index is 1.75. The molecule has 1 aromatic carbocycles. The van der Waals surface area contributed by atoms with Crippen molar-refractivity contribution in [1.29, 1.82) is 0 Å². The smallest absolute Gasteiger partial charge is 0.280 e. The zero-order chi connectivity index (χ0) is 14.4. The Morgan fingerprint density at radius 3 is 2.50 bits per heavy atom. The molecule has 110 valence electrons. The Kier molecular flexibility index (Phi) is 3.61. The number of hydrogen-bond acceptors (Lipinski definition) is 4. The fourth-order valence-electron chi connectivity index (χ4n) is 2.91. The highest BCUT2D eigenvalue weighted by Gasteiger charge is 2.53. The maximum Gasteiger partial charge on any atom is 0.280 e. The average molecular weight is 294 g/mol. The van der Waals surface area contributed by atoms with Crippen molar-refractivity contribution < 1.29 is 14.2 Å². The van der Waals surface area contributed by atoms with Gasteiger partial charge < -0.3 is 14.2 Å². The van der Waals surface area contributed by atoms with E-state index in [0.29, 0.717) is 0 Å². The molecule has 0 spiro atoms. The molecule has 20 heavy (non-hydrogen) atoms. The van der Waals surface area contributed by atoms with E-state index in [0.717, 1.165) is 6.42 Å². The van der Waals surface area contributed by atoms with Gasteiger partial charge >= 0.3 is 0 Å². The summed E-state index contributed by atoms with van der Waals surface area (Å²) in [5.74, 6) is -0.873. The van der Waals surface area contributed by atoms with E-state index in [-0.39, 0.29) is 23.1 Å². The third kappa shape index (κ3) is 2.75. The van der Waals surface area contributed by atoms with E-state index < -0.39 is 5.97 Å². The fourth-order valence-corrected chi connectivity index (χ4v) is 4.09. The summed E-state index contributed by atoms with van der Waals surface area (Å²) < 4.78 is 17.7. The molecule has 0 aliphatic carbocycles. The van der Waals surface area contributed by atoms with E-state index in [4.69, 9.17) is 14.2 Å². The topological polar surface area (TPSA) is 27.7 Å². The first-order valence-electron chi connectivity index (χ1n) is 7.15. The van der Waals surface area contributed by atoms with Crippen LogP contribution in [-0.2, 0) is 14.2 Å². The van der Waals surface area contributed by atoms with E-state index in [1.54, 1.807) is 0 Å². The molecular formula is C16H22O3S. The van der Waals surface area contributed by atoms with Gasteiger partial charge in [-0.3, -0.25) is 0 Å². The molecule has 2 aliphatic heterocycles. The van der Waals surface area contributed by atoms with Gasteiger partial charge in [-0.05, 0) is 32.9 Å². The van der Waals surface area contributed by atoms with Crippen molar-refractivity contribution in [3.63, 3.8) is 0 Å². The minimum atomic E-state index is -0.873. The van der Waals surface area contributed by atoms with Crippen molar-refractivity contribution in [2.24, 2.45) is 0 Å². The lowest BCUT2D eigenvalue weighted by Crippen LogP contribution is -2.48. The number of thioether (sulfide) groups is 1. The van der Waals surface area contributed by atoms with Crippen LogP contribution in [0.2, 0.25) is 0 Å². The molecule has 0 unspecified atom stereocenters. The maximum absolute atomic E-state index is 6.11. The normalized spacial score (nSPS) is 37.1. The van der Waals surface area contributed by atoms with Gasteiger partial charge in [-0.15, -0.1) is 11.8 Å². The lowest BCUT2D eigenvalue weighted by atomic mass is 9.97. The first kappa shape index (κ1) is 14.4. The Morgan fingerprint density at radius 1 is 1.15 bits per heavy atom. The first-order chi connectivity index (χ1) is 9.38. The Labute approximate surface area is 125 Å². The standard InChI is InChI=1S/C16H22O3S/c1-11-13-10-14(19-16(4,17-11)18-13)15(2,3)20-12-8-6-5-7-9-12/h5-9,11,13-14H,10H2,1-4H3/t11-,13-,14-,16+/m0/s1. The highest BCUT2D eigenvalue weighted by atomic mass is 32.2. The van der Waals surface area contributed by atoms with Gasteiger partial charge in [-0.2, -0.15) is 0 Å². The maximum atomic E-state index is 6.11. The van der Waals surface area contributed by atoms with E-state index in [1.165, 1.54) is 4.90 Å². The molecule has 3 rings (SSSR count). The molecule has 2 aliphatic rings. The summed E-state index contributed by atoms with van der Waals surface area (Å²) in [6.45, 7) is 8.39. The average Bonchev–Trinajstić information content (AvgIpc) is 2.58. The predicted octanol–water partition coefficient (Wildman–Crippen LogP) is 3.82. The van der Waals surface area contributed by atoms with Crippen LogP contribution in [0.4, 0.5) is 0 Å². The van der Waals surface area contributed by atoms with Crippen LogP contribution in [0.15, 0.2) is 35.2 Å². The predicted molar refractivity (Wildman–Crippen MR) is 79.7 cm³/mol. The quantitative estimate of drug-likeness (QED) is 0.792. The number of benzene rings is 1. The number of rotatable bonds is 3. The van der Waals surface area contributed by atoms with Crippen LogP contribution in [-0.4, -0.2) is 29.0 Å². The molecule has 0 saturated carbocycles. The lowest BCUT2D eigenvalue weighted by molar-refractivity contribution is -0.367. The number of ether oxygens (including phenoxy) is 3. The van der Waals surface area contributed by atoms with Gasteiger partial charge in [0.05, 0.1) is 18.3 Å². The second kappa shape index (κ2) is 5.02. The SMILES string of the molecule is C[C@@H]1O[C@]2(C)O[C@H]1C[C@@H](C(C)(C)Sc1ccccc1)O2.